The number of rotatable bonds is 4. The van der Waals surface area contributed by atoms with E-state index in [9.17, 15) is 5.26 Å². The number of hydrogen-bond donors (Lipinski definition) is 1. The molecular weight excluding hydrogens is 340 g/mol. The lowest BCUT2D eigenvalue weighted by Gasteiger charge is -2.17. The summed E-state index contributed by atoms with van der Waals surface area (Å²) in [5, 5.41) is 13.1. The van der Waals surface area contributed by atoms with Crippen molar-refractivity contribution in [2.45, 2.75) is 6.04 Å². The zero-order valence-electron chi connectivity index (χ0n) is 10.7. The third-order valence-electron chi connectivity index (χ3n) is 2.80. The first-order chi connectivity index (χ1) is 9.65. The van der Waals surface area contributed by atoms with E-state index in [2.05, 4.69) is 27.3 Å². The van der Waals surface area contributed by atoms with Gasteiger partial charge in [-0.1, -0.05) is 39.7 Å². The minimum Gasteiger partial charge on any atom is -0.495 e. The van der Waals surface area contributed by atoms with Crippen LogP contribution < -0.4 is 10.1 Å². The lowest BCUT2D eigenvalue weighted by Crippen LogP contribution is -2.10. The summed E-state index contributed by atoms with van der Waals surface area (Å²) in [6.45, 7) is 0. The molecule has 0 heterocycles. The number of halogens is 2. The van der Waals surface area contributed by atoms with Crippen molar-refractivity contribution in [3.8, 4) is 11.8 Å². The molecule has 0 saturated heterocycles. The summed E-state index contributed by atoms with van der Waals surface area (Å²) < 4.78 is 6.10. The van der Waals surface area contributed by atoms with E-state index in [-0.39, 0.29) is 0 Å². The standard InChI is InChI=1S/C15H12BrClN2O/c1-20-15-5-3-2-4-13(15)19-14(9-18)11-8-10(17)6-7-12(11)16/h2-8,14,19H,1H3. The van der Waals surface area contributed by atoms with Gasteiger partial charge in [0.15, 0.2) is 0 Å². The summed E-state index contributed by atoms with van der Waals surface area (Å²) >= 11 is 9.44. The van der Waals surface area contributed by atoms with Gasteiger partial charge in [0.2, 0.25) is 0 Å². The molecule has 0 saturated carbocycles. The average molecular weight is 352 g/mol. The van der Waals surface area contributed by atoms with E-state index < -0.39 is 6.04 Å². The molecule has 20 heavy (non-hydrogen) atoms. The molecular formula is C15H12BrClN2O. The number of para-hydroxylation sites is 2. The van der Waals surface area contributed by atoms with Crippen LogP contribution in [-0.4, -0.2) is 7.11 Å². The Labute approximate surface area is 131 Å². The van der Waals surface area contributed by atoms with Crippen LogP contribution in [0.25, 0.3) is 0 Å². The molecule has 0 aliphatic heterocycles. The average Bonchev–Trinajstić information content (AvgIpc) is 2.48. The maximum Gasteiger partial charge on any atom is 0.141 e. The van der Waals surface area contributed by atoms with Crippen LogP contribution in [0, 0.1) is 11.3 Å². The molecule has 1 atom stereocenters. The highest BCUT2D eigenvalue weighted by atomic mass is 79.9. The van der Waals surface area contributed by atoms with E-state index in [1.165, 1.54) is 0 Å². The molecule has 5 heteroatoms. The van der Waals surface area contributed by atoms with Crippen molar-refractivity contribution in [2.24, 2.45) is 0 Å². The molecule has 2 aromatic carbocycles. The van der Waals surface area contributed by atoms with E-state index in [1.54, 1.807) is 19.2 Å². The minimum atomic E-state index is -0.528. The number of ether oxygens (including phenoxy) is 1. The van der Waals surface area contributed by atoms with Crippen molar-refractivity contribution in [1.29, 1.82) is 5.26 Å². The molecule has 0 amide bonds. The first-order valence-electron chi connectivity index (χ1n) is 5.90. The van der Waals surface area contributed by atoms with Crippen LogP contribution in [0.1, 0.15) is 11.6 Å². The molecule has 2 aromatic rings. The Morgan fingerprint density at radius 3 is 2.75 bits per heavy atom. The normalized spacial score (nSPS) is 11.5. The summed E-state index contributed by atoms with van der Waals surface area (Å²) in [5.41, 5.74) is 1.54. The van der Waals surface area contributed by atoms with Gasteiger partial charge < -0.3 is 10.1 Å². The maximum absolute atomic E-state index is 9.40. The Morgan fingerprint density at radius 2 is 2.05 bits per heavy atom. The zero-order valence-corrected chi connectivity index (χ0v) is 13.1. The predicted octanol–water partition coefficient (Wildman–Crippen LogP) is 4.79. The smallest absolute Gasteiger partial charge is 0.141 e. The second-order valence-electron chi connectivity index (χ2n) is 4.07. The highest BCUT2D eigenvalue weighted by molar-refractivity contribution is 9.10. The number of hydrogen-bond acceptors (Lipinski definition) is 3. The summed E-state index contributed by atoms with van der Waals surface area (Å²) in [7, 11) is 1.59. The molecule has 0 aromatic heterocycles. The summed E-state index contributed by atoms with van der Waals surface area (Å²) in [5.74, 6) is 0.686. The molecule has 0 aliphatic rings. The fourth-order valence-electron chi connectivity index (χ4n) is 1.83. The van der Waals surface area contributed by atoms with Crippen molar-refractivity contribution in [2.75, 3.05) is 12.4 Å². The Kier molecular flexibility index (Phi) is 4.89. The third-order valence-corrected chi connectivity index (χ3v) is 3.76. The van der Waals surface area contributed by atoms with Crippen molar-refractivity contribution in [3.05, 3.63) is 57.5 Å². The second kappa shape index (κ2) is 6.65. The number of nitrogens with zero attached hydrogens (tertiary/aromatic N) is 1. The van der Waals surface area contributed by atoms with Crippen LogP contribution in [0.15, 0.2) is 46.9 Å². The topological polar surface area (TPSA) is 45.0 Å². The van der Waals surface area contributed by atoms with Crippen molar-refractivity contribution >= 4 is 33.2 Å². The van der Waals surface area contributed by atoms with Gasteiger partial charge in [-0.3, -0.25) is 0 Å². The van der Waals surface area contributed by atoms with Crippen molar-refractivity contribution in [3.63, 3.8) is 0 Å². The van der Waals surface area contributed by atoms with Gasteiger partial charge in [0.05, 0.1) is 18.9 Å². The van der Waals surface area contributed by atoms with Crippen LogP contribution in [-0.2, 0) is 0 Å². The molecule has 0 spiro atoms. The summed E-state index contributed by atoms with van der Waals surface area (Å²) in [6, 6.07) is 14.5. The van der Waals surface area contributed by atoms with Crippen LogP contribution in [0.4, 0.5) is 5.69 Å². The van der Waals surface area contributed by atoms with Gasteiger partial charge in [-0.05, 0) is 30.3 Å². The fourth-order valence-corrected chi connectivity index (χ4v) is 2.49. The van der Waals surface area contributed by atoms with Crippen molar-refractivity contribution in [1.82, 2.24) is 0 Å². The maximum atomic E-state index is 9.40. The van der Waals surface area contributed by atoms with Crippen LogP contribution in [0.2, 0.25) is 5.02 Å². The molecule has 1 N–H and O–H groups in total. The predicted molar refractivity (Wildman–Crippen MR) is 84.1 cm³/mol. The minimum absolute atomic E-state index is 0.528. The lowest BCUT2D eigenvalue weighted by molar-refractivity contribution is 0.416. The second-order valence-corrected chi connectivity index (χ2v) is 5.36. The zero-order chi connectivity index (χ0) is 14.5. The van der Waals surface area contributed by atoms with Gasteiger partial charge in [0, 0.05) is 15.1 Å². The monoisotopic (exact) mass is 350 g/mol. The van der Waals surface area contributed by atoms with Crippen molar-refractivity contribution < 1.29 is 4.74 Å². The quantitative estimate of drug-likeness (QED) is 0.861. The molecule has 3 nitrogen and oxygen atoms in total. The highest BCUT2D eigenvalue weighted by Crippen LogP contribution is 2.32. The number of methoxy groups -OCH3 is 1. The molecule has 1 unspecified atom stereocenters. The first-order valence-corrected chi connectivity index (χ1v) is 7.07. The van der Waals surface area contributed by atoms with E-state index in [0.29, 0.717) is 10.8 Å². The Bertz CT molecular complexity index is 655. The van der Waals surface area contributed by atoms with Crippen LogP contribution in [0.3, 0.4) is 0 Å². The fraction of sp³-hybridized carbons (Fsp3) is 0.133. The van der Waals surface area contributed by atoms with Gasteiger partial charge in [0.25, 0.3) is 0 Å². The van der Waals surface area contributed by atoms with E-state index >= 15 is 0 Å². The Balaban J connectivity index is 2.34. The summed E-state index contributed by atoms with van der Waals surface area (Å²) in [6.07, 6.45) is 0. The molecule has 102 valence electrons. The Morgan fingerprint density at radius 1 is 1.30 bits per heavy atom. The van der Waals surface area contributed by atoms with Gasteiger partial charge in [0.1, 0.15) is 11.8 Å². The molecule has 0 radical (unpaired) electrons. The largest absolute Gasteiger partial charge is 0.495 e. The van der Waals surface area contributed by atoms with E-state index in [4.69, 9.17) is 16.3 Å². The highest BCUT2D eigenvalue weighted by Gasteiger charge is 2.16. The number of benzene rings is 2. The van der Waals surface area contributed by atoms with Crippen LogP contribution >= 0.6 is 27.5 Å². The molecule has 2 rings (SSSR count). The molecule has 0 aliphatic carbocycles. The van der Waals surface area contributed by atoms with Gasteiger partial charge in [-0.25, -0.2) is 0 Å². The third kappa shape index (κ3) is 3.24. The number of nitrogens with one attached hydrogen (secondary N) is 1. The van der Waals surface area contributed by atoms with Gasteiger partial charge >= 0.3 is 0 Å². The van der Waals surface area contributed by atoms with Crippen LogP contribution in [0.5, 0.6) is 5.75 Å². The SMILES string of the molecule is COc1ccccc1NC(C#N)c1cc(Cl)ccc1Br. The Hall–Kier alpha value is -1.70. The number of nitriles is 1. The molecule has 0 fully saturated rings. The van der Waals surface area contributed by atoms with Gasteiger partial charge in [-0.2, -0.15) is 5.26 Å². The number of anilines is 1. The first kappa shape index (κ1) is 14.7. The van der Waals surface area contributed by atoms with E-state index in [0.717, 1.165) is 15.7 Å². The summed E-state index contributed by atoms with van der Waals surface area (Å²) in [4.78, 5) is 0. The molecule has 0 bridgehead atoms. The van der Waals surface area contributed by atoms with E-state index in [1.807, 2.05) is 30.3 Å². The van der Waals surface area contributed by atoms with Gasteiger partial charge in [-0.15, -0.1) is 0 Å². The lowest BCUT2D eigenvalue weighted by atomic mass is 10.1.